The summed E-state index contributed by atoms with van der Waals surface area (Å²) in [6, 6.07) is 0.757. The fourth-order valence-electron chi connectivity index (χ4n) is 3.39. The molecule has 0 aromatic heterocycles. The largest absolute Gasteiger partial charge is 0.381 e. The Morgan fingerprint density at radius 3 is 1.90 bits per heavy atom. The van der Waals surface area contributed by atoms with Gasteiger partial charge < -0.3 is 4.74 Å². The van der Waals surface area contributed by atoms with Crippen LogP contribution in [-0.4, -0.2) is 31.1 Å². The zero-order valence-corrected chi connectivity index (χ0v) is 12.9. The van der Waals surface area contributed by atoms with Gasteiger partial charge in [0.05, 0.1) is 18.2 Å². The molecule has 0 amide bonds. The number of rotatable bonds is 5. The van der Waals surface area contributed by atoms with Crippen LogP contribution in [0.3, 0.4) is 0 Å². The van der Waals surface area contributed by atoms with Crippen LogP contribution in [0.2, 0.25) is 0 Å². The minimum absolute atomic E-state index is 0.295. The van der Waals surface area contributed by atoms with Crippen molar-refractivity contribution in [3.63, 3.8) is 0 Å². The van der Waals surface area contributed by atoms with Gasteiger partial charge in [-0.25, -0.2) is 0 Å². The highest BCUT2D eigenvalue weighted by Gasteiger charge is 2.26. The van der Waals surface area contributed by atoms with Crippen molar-refractivity contribution in [3.05, 3.63) is 0 Å². The second-order valence-electron chi connectivity index (χ2n) is 6.22. The van der Waals surface area contributed by atoms with Crippen LogP contribution in [0.4, 0.5) is 0 Å². The van der Waals surface area contributed by atoms with Gasteiger partial charge in [-0.2, -0.15) is 10.2 Å². The Labute approximate surface area is 122 Å². The number of hydrogen-bond donors (Lipinski definition) is 0. The molecule has 0 spiro atoms. The van der Waals surface area contributed by atoms with Crippen molar-refractivity contribution in [1.29, 1.82) is 0 Å². The topological polar surface area (TPSA) is 51.0 Å². The summed E-state index contributed by atoms with van der Waals surface area (Å²) in [5.74, 6) is 0.724. The van der Waals surface area contributed by atoms with Gasteiger partial charge in [0.25, 0.3) is 0 Å². The lowest BCUT2D eigenvalue weighted by molar-refractivity contribution is -0.123. The maximum Gasteiger partial charge on any atom is 0.135 e. The summed E-state index contributed by atoms with van der Waals surface area (Å²) in [5.41, 5.74) is 0. The van der Waals surface area contributed by atoms with Crippen molar-refractivity contribution in [1.82, 2.24) is 0 Å². The van der Waals surface area contributed by atoms with Crippen LogP contribution in [0.1, 0.15) is 64.7 Å². The SMILES string of the molecule is CCC(=O)C1CCC(N=NC2CCC(OC)CC2)CC1. The van der Waals surface area contributed by atoms with E-state index in [1.807, 2.05) is 6.92 Å². The number of ether oxygens (including phenoxy) is 1. The van der Waals surface area contributed by atoms with E-state index >= 15 is 0 Å². The predicted octanol–water partition coefficient (Wildman–Crippen LogP) is 3.93. The van der Waals surface area contributed by atoms with E-state index in [-0.39, 0.29) is 0 Å². The molecule has 0 bridgehead atoms. The lowest BCUT2D eigenvalue weighted by Gasteiger charge is -2.26. The standard InChI is InChI=1S/C16H28N2O2/c1-3-16(19)12-4-6-13(7-5-12)17-18-14-8-10-15(20-2)11-9-14/h12-15H,3-11H2,1-2H3. The summed E-state index contributed by atoms with van der Waals surface area (Å²) >= 11 is 0. The smallest absolute Gasteiger partial charge is 0.135 e. The van der Waals surface area contributed by atoms with Crippen LogP contribution in [0.5, 0.6) is 0 Å². The van der Waals surface area contributed by atoms with Gasteiger partial charge in [-0.15, -0.1) is 0 Å². The molecule has 2 rings (SSSR count). The molecule has 0 heterocycles. The molecule has 2 saturated carbocycles. The van der Waals surface area contributed by atoms with Crippen LogP contribution >= 0.6 is 0 Å². The Morgan fingerprint density at radius 2 is 1.45 bits per heavy atom. The van der Waals surface area contributed by atoms with Gasteiger partial charge in [-0.1, -0.05) is 6.92 Å². The van der Waals surface area contributed by atoms with Gasteiger partial charge in [0, 0.05) is 19.4 Å². The third-order valence-corrected chi connectivity index (χ3v) is 4.87. The molecular weight excluding hydrogens is 252 g/mol. The summed E-state index contributed by atoms with van der Waals surface area (Å²) in [6.45, 7) is 1.96. The first kappa shape index (κ1) is 15.6. The average molecular weight is 280 g/mol. The Bertz CT molecular complexity index is 327. The number of ketones is 1. The Morgan fingerprint density at radius 1 is 0.950 bits per heavy atom. The number of carbonyl (C=O) groups is 1. The second kappa shape index (κ2) is 7.87. The first-order valence-corrected chi connectivity index (χ1v) is 8.18. The number of nitrogens with zero attached hydrogens (tertiary/aromatic N) is 2. The lowest BCUT2D eigenvalue weighted by atomic mass is 9.83. The molecule has 20 heavy (non-hydrogen) atoms. The van der Waals surface area contributed by atoms with Gasteiger partial charge >= 0.3 is 0 Å². The highest BCUT2D eigenvalue weighted by molar-refractivity contribution is 5.80. The lowest BCUT2D eigenvalue weighted by Crippen LogP contribution is -2.24. The molecule has 0 atom stereocenters. The number of Topliss-reactive ketones (excluding diaryl/α,β-unsaturated/α-hetero) is 1. The van der Waals surface area contributed by atoms with Crippen molar-refractivity contribution in [2.45, 2.75) is 82.9 Å². The Hall–Kier alpha value is -0.770. The minimum atomic E-state index is 0.295. The predicted molar refractivity (Wildman–Crippen MR) is 79.0 cm³/mol. The molecule has 2 aliphatic carbocycles. The minimum Gasteiger partial charge on any atom is -0.381 e. The maximum absolute atomic E-state index is 11.7. The first-order valence-electron chi connectivity index (χ1n) is 8.18. The third-order valence-electron chi connectivity index (χ3n) is 4.87. The van der Waals surface area contributed by atoms with Gasteiger partial charge in [-0.05, 0) is 51.4 Å². The van der Waals surface area contributed by atoms with Crippen molar-refractivity contribution in [2.24, 2.45) is 16.1 Å². The van der Waals surface area contributed by atoms with Crippen molar-refractivity contribution >= 4 is 5.78 Å². The van der Waals surface area contributed by atoms with E-state index in [2.05, 4.69) is 10.2 Å². The highest BCUT2D eigenvalue weighted by atomic mass is 16.5. The summed E-state index contributed by atoms with van der Waals surface area (Å²) in [6.07, 6.45) is 9.62. The molecule has 0 aromatic rings. The third kappa shape index (κ3) is 4.37. The molecule has 4 heteroatoms. The van der Waals surface area contributed by atoms with Gasteiger partial charge in [-0.3, -0.25) is 4.79 Å². The van der Waals surface area contributed by atoms with E-state index in [4.69, 9.17) is 4.74 Å². The van der Waals surface area contributed by atoms with Crippen molar-refractivity contribution < 1.29 is 9.53 Å². The van der Waals surface area contributed by atoms with E-state index in [1.54, 1.807) is 7.11 Å². The molecule has 0 N–H and O–H groups in total. The van der Waals surface area contributed by atoms with E-state index in [0.29, 0.717) is 36.3 Å². The van der Waals surface area contributed by atoms with Gasteiger partial charge in [0.1, 0.15) is 5.78 Å². The molecule has 4 nitrogen and oxygen atoms in total. The number of methoxy groups -OCH3 is 1. The zero-order valence-electron chi connectivity index (χ0n) is 12.9. The Balaban J connectivity index is 1.70. The van der Waals surface area contributed by atoms with E-state index < -0.39 is 0 Å². The number of carbonyl (C=O) groups excluding carboxylic acids is 1. The Kier molecular flexibility index (Phi) is 6.14. The molecule has 0 aromatic carbocycles. The molecule has 0 unspecified atom stereocenters. The summed E-state index contributed by atoms with van der Waals surface area (Å²) in [5, 5.41) is 9.10. The fraction of sp³-hybridized carbons (Fsp3) is 0.938. The second-order valence-corrected chi connectivity index (χ2v) is 6.22. The number of hydrogen-bond acceptors (Lipinski definition) is 4. The molecule has 0 saturated heterocycles. The van der Waals surface area contributed by atoms with Crippen molar-refractivity contribution in [3.8, 4) is 0 Å². The normalized spacial score (nSPS) is 35.3. The molecule has 2 aliphatic rings. The molecule has 0 aliphatic heterocycles. The summed E-state index contributed by atoms with van der Waals surface area (Å²) in [4.78, 5) is 11.7. The zero-order chi connectivity index (χ0) is 14.4. The van der Waals surface area contributed by atoms with Gasteiger partial charge in [0.2, 0.25) is 0 Å². The molecule has 2 fully saturated rings. The van der Waals surface area contributed by atoms with Crippen LogP contribution in [0.25, 0.3) is 0 Å². The summed E-state index contributed by atoms with van der Waals surface area (Å²) < 4.78 is 5.37. The van der Waals surface area contributed by atoms with E-state index in [1.165, 1.54) is 0 Å². The van der Waals surface area contributed by atoms with E-state index in [9.17, 15) is 4.79 Å². The summed E-state index contributed by atoms with van der Waals surface area (Å²) in [7, 11) is 1.79. The van der Waals surface area contributed by atoms with Crippen LogP contribution < -0.4 is 0 Å². The van der Waals surface area contributed by atoms with Crippen LogP contribution in [0, 0.1) is 5.92 Å². The van der Waals surface area contributed by atoms with Gasteiger partial charge in [0.15, 0.2) is 0 Å². The highest BCUT2D eigenvalue weighted by Crippen LogP contribution is 2.29. The van der Waals surface area contributed by atoms with Crippen molar-refractivity contribution in [2.75, 3.05) is 7.11 Å². The molecule has 114 valence electrons. The molecule has 0 radical (unpaired) electrons. The van der Waals surface area contributed by atoms with E-state index in [0.717, 1.165) is 51.4 Å². The maximum atomic E-state index is 11.7. The van der Waals surface area contributed by atoms with Crippen LogP contribution in [0.15, 0.2) is 10.2 Å². The average Bonchev–Trinajstić information content (AvgIpc) is 2.53. The first-order chi connectivity index (χ1) is 9.72. The number of azo groups is 1. The fourth-order valence-corrected chi connectivity index (χ4v) is 3.39. The molecular formula is C16H28N2O2. The monoisotopic (exact) mass is 280 g/mol. The quantitative estimate of drug-likeness (QED) is 0.716. The van der Waals surface area contributed by atoms with Crippen LogP contribution in [-0.2, 0) is 9.53 Å².